The molecule has 3 N–H and O–H groups in total. The summed E-state index contributed by atoms with van der Waals surface area (Å²) in [6, 6.07) is 0. The van der Waals surface area contributed by atoms with E-state index in [2.05, 4.69) is 10.5 Å². The third-order valence-electron chi connectivity index (χ3n) is 2.86. The van der Waals surface area contributed by atoms with E-state index in [0.717, 1.165) is 12.8 Å². The summed E-state index contributed by atoms with van der Waals surface area (Å²) in [6.07, 6.45) is 2.30. The Morgan fingerprint density at radius 3 is 2.29 bits per heavy atom. The summed E-state index contributed by atoms with van der Waals surface area (Å²) in [5, 5.41) is 23.5. The van der Waals surface area contributed by atoms with Crippen molar-refractivity contribution in [2.24, 2.45) is 11.1 Å². The Balaban J connectivity index is 4.62. The van der Waals surface area contributed by atoms with Gasteiger partial charge in [-0.1, -0.05) is 25.4 Å². The summed E-state index contributed by atoms with van der Waals surface area (Å²) in [7, 11) is 0. The zero-order chi connectivity index (χ0) is 13.3. The van der Waals surface area contributed by atoms with Gasteiger partial charge in [0.1, 0.15) is 12.1 Å². The fraction of sp³-hybridized carbons (Fsp3) is 0.909. The quantitative estimate of drug-likeness (QED) is 0.513. The summed E-state index contributed by atoms with van der Waals surface area (Å²) in [5.74, 6) is -0.412. The van der Waals surface area contributed by atoms with Gasteiger partial charge in [0.05, 0.1) is 13.2 Å². The van der Waals surface area contributed by atoms with E-state index >= 15 is 0 Å². The van der Waals surface area contributed by atoms with Crippen LogP contribution in [0.1, 0.15) is 33.1 Å². The van der Waals surface area contributed by atoms with Crippen molar-refractivity contribution in [3.05, 3.63) is 4.91 Å². The normalized spacial score (nSPS) is 13.2. The lowest BCUT2D eigenvalue weighted by Crippen LogP contribution is -2.57. The van der Waals surface area contributed by atoms with Crippen LogP contribution in [0.2, 0.25) is 0 Å². The number of nitrogens with zero attached hydrogens (tertiary/aromatic N) is 1. The molecule has 6 heteroatoms. The van der Waals surface area contributed by atoms with Crippen molar-refractivity contribution in [3.63, 3.8) is 0 Å². The smallest absolute Gasteiger partial charge is 0.223 e. The van der Waals surface area contributed by atoms with E-state index in [1.165, 1.54) is 0 Å². The van der Waals surface area contributed by atoms with Crippen LogP contribution in [0.25, 0.3) is 0 Å². The molecule has 0 saturated heterocycles. The fourth-order valence-corrected chi connectivity index (χ4v) is 1.62. The Hall–Kier alpha value is -1.01. The Morgan fingerprint density at radius 1 is 1.35 bits per heavy atom. The summed E-state index contributed by atoms with van der Waals surface area (Å²) in [4.78, 5) is 22.2. The minimum Gasteiger partial charge on any atom is -0.394 e. The lowest BCUT2D eigenvalue weighted by Gasteiger charge is -2.30. The molecular formula is C11H22N2O4. The van der Waals surface area contributed by atoms with Gasteiger partial charge in [0.2, 0.25) is 5.91 Å². The second-order valence-electron chi connectivity index (χ2n) is 4.27. The molecule has 0 aliphatic carbocycles. The first-order valence-electron chi connectivity index (χ1n) is 5.92. The van der Waals surface area contributed by atoms with Crippen molar-refractivity contribution in [1.29, 1.82) is 0 Å². The van der Waals surface area contributed by atoms with E-state index in [9.17, 15) is 9.70 Å². The number of carbonyl (C=O) groups is 1. The number of rotatable bonds is 9. The van der Waals surface area contributed by atoms with Crippen LogP contribution in [0.3, 0.4) is 0 Å². The molecular weight excluding hydrogens is 224 g/mol. The van der Waals surface area contributed by atoms with Gasteiger partial charge in [0.25, 0.3) is 0 Å². The number of nitrogens with one attached hydrogen (secondary N) is 1. The van der Waals surface area contributed by atoms with Crippen molar-refractivity contribution in [2.75, 3.05) is 19.8 Å². The van der Waals surface area contributed by atoms with E-state index in [0.29, 0.717) is 6.42 Å². The molecule has 0 unspecified atom stereocenters. The SMILES string of the molecule is CCC[C@@H](CC)C(=O)NC(CO)(CO)CN=O. The molecule has 6 nitrogen and oxygen atoms in total. The number of nitroso groups, excluding NO2 is 1. The molecule has 1 atom stereocenters. The average molecular weight is 246 g/mol. The fourth-order valence-electron chi connectivity index (χ4n) is 1.62. The van der Waals surface area contributed by atoms with Gasteiger partial charge in [-0.2, -0.15) is 4.91 Å². The van der Waals surface area contributed by atoms with Crippen LogP contribution in [0, 0.1) is 10.8 Å². The van der Waals surface area contributed by atoms with Crippen LogP contribution in [-0.2, 0) is 4.79 Å². The first kappa shape index (κ1) is 16.0. The molecule has 0 fully saturated rings. The average Bonchev–Trinajstić information content (AvgIpc) is 2.35. The molecule has 0 bridgehead atoms. The van der Waals surface area contributed by atoms with Gasteiger partial charge in [0.15, 0.2) is 0 Å². The van der Waals surface area contributed by atoms with E-state index in [-0.39, 0.29) is 18.4 Å². The van der Waals surface area contributed by atoms with Gasteiger partial charge >= 0.3 is 0 Å². The number of carbonyl (C=O) groups excluding carboxylic acids is 1. The maximum Gasteiger partial charge on any atom is 0.223 e. The second-order valence-corrected chi connectivity index (χ2v) is 4.27. The van der Waals surface area contributed by atoms with E-state index in [1.807, 2.05) is 13.8 Å². The lowest BCUT2D eigenvalue weighted by atomic mass is 9.96. The van der Waals surface area contributed by atoms with Crippen molar-refractivity contribution < 1.29 is 15.0 Å². The molecule has 0 aromatic heterocycles. The standard InChI is InChI=1S/C11H22N2O4/c1-3-5-9(4-2)10(16)13-11(7-14,8-15)6-12-17/h9,14-15H,3-8H2,1-2H3,(H,13,16)/t9-/m1/s1. The van der Waals surface area contributed by atoms with Crippen LogP contribution in [0.15, 0.2) is 5.18 Å². The number of amides is 1. The first-order valence-corrected chi connectivity index (χ1v) is 5.92. The highest BCUT2D eigenvalue weighted by Gasteiger charge is 2.33. The first-order chi connectivity index (χ1) is 8.09. The van der Waals surface area contributed by atoms with Crippen LogP contribution in [-0.4, -0.2) is 41.4 Å². The Kier molecular flexibility index (Phi) is 7.65. The topological polar surface area (TPSA) is 99.0 Å². The molecule has 0 aliphatic rings. The van der Waals surface area contributed by atoms with E-state index < -0.39 is 18.8 Å². The van der Waals surface area contributed by atoms with Gasteiger partial charge in [-0.15, -0.1) is 0 Å². The molecule has 0 heterocycles. The number of aliphatic hydroxyl groups excluding tert-OH is 2. The van der Waals surface area contributed by atoms with Crippen molar-refractivity contribution in [2.45, 2.75) is 38.6 Å². The highest BCUT2D eigenvalue weighted by molar-refractivity contribution is 5.79. The monoisotopic (exact) mass is 246 g/mol. The molecule has 1 amide bonds. The zero-order valence-corrected chi connectivity index (χ0v) is 10.5. The molecule has 0 radical (unpaired) electrons. The highest BCUT2D eigenvalue weighted by Crippen LogP contribution is 2.13. The van der Waals surface area contributed by atoms with Gasteiger partial charge in [-0.05, 0) is 12.8 Å². The van der Waals surface area contributed by atoms with Crippen LogP contribution < -0.4 is 5.32 Å². The third kappa shape index (κ3) is 4.79. The maximum absolute atomic E-state index is 11.9. The summed E-state index contributed by atoms with van der Waals surface area (Å²) in [6.45, 7) is 2.52. The van der Waals surface area contributed by atoms with Crippen LogP contribution in [0.4, 0.5) is 0 Å². The van der Waals surface area contributed by atoms with Gasteiger partial charge < -0.3 is 15.5 Å². The minimum absolute atomic E-state index is 0.163. The summed E-state index contributed by atoms with van der Waals surface area (Å²) < 4.78 is 0. The molecule has 0 saturated carbocycles. The van der Waals surface area contributed by atoms with Gasteiger partial charge in [-0.3, -0.25) is 4.79 Å². The van der Waals surface area contributed by atoms with E-state index in [1.54, 1.807) is 0 Å². The third-order valence-corrected chi connectivity index (χ3v) is 2.86. The zero-order valence-electron chi connectivity index (χ0n) is 10.5. The molecule has 17 heavy (non-hydrogen) atoms. The van der Waals surface area contributed by atoms with Crippen LogP contribution >= 0.6 is 0 Å². The number of aliphatic hydroxyl groups is 2. The lowest BCUT2D eigenvalue weighted by molar-refractivity contribution is -0.128. The molecule has 0 rings (SSSR count). The summed E-state index contributed by atoms with van der Waals surface area (Å²) in [5.41, 5.74) is -1.33. The Bertz CT molecular complexity index is 242. The molecule has 0 aliphatic heterocycles. The Morgan fingerprint density at radius 2 is 1.94 bits per heavy atom. The molecule has 100 valence electrons. The van der Waals surface area contributed by atoms with Crippen LogP contribution in [0.5, 0.6) is 0 Å². The predicted molar refractivity (Wildman–Crippen MR) is 64.4 cm³/mol. The van der Waals surface area contributed by atoms with Gasteiger partial charge in [0, 0.05) is 5.92 Å². The van der Waals surface area contributed by atoms with Crippen molar-refractivity contribution >= 4 is 5.91 Å². The number of hydrogen-bond donors (Lipinski definition) is 3. The minimum atomic E-state index is -1.33. The van der Waals surface area contributed by atoms with Crippen molar-refractivity contribution in [1.82, 2.24) is 5.32 Å². The van der Waals surface area contributed by atoms with Gasteiger partial charge in [-0.25, -0.2) is 0 Å². The molecule has 0 spiro atoms. The summed E-state index contributed by atoms with van der Waals surface area (Å²) >= 11 is 0. The largest absolute Gasteiger partial charge is 0.394 e. The molecule has 0 aromatic carbocycles. The highest BCUT2D eigenvalue weighted by atomic mass is 16.3. The maximum atomic E-state index is 11.9. The van der Waals surface area contributed by atoms with Crippen molar-refractivity contribution in [3.8, 4) is 0 Å². The molecule has 0 aromatic rings. The van der Waals surface area contributed by atoms with E-state index in [4.69, 9.17) is 10.2 Å². The Labute approximate surface area is 101 Å². The number of hydrogen-bond acceptors (Lipinski definition) is 5. The second kappa shape index (κ2) is 8.14. The predicted octanol–water partition coefficient (Wildman–Crippen LogP) is 0.419.